The molecular formula is C15H22O2. The summed E-state index contributed by atoms with van der Waals surface area (Å²) in [5.74, 6) is 0.834. The number of ketones is 1. The summed E-state index contributed by atoms with van der Waals surface area (Å²) in [5.41, 5.74) is 1.88. The molecule has 2 heteroatoms. The van der Waals surface area contributed by atoms with Gasteiger partial charge >= 0.3 is 0 Å². The predicted molar refractivity (Wildman–Crippen MR) is 70.8 cm³/mol. The highest BCUT2D eigenvalue weighted by atomic mass is 16.5. The normalized spacial score (nSPS) is 11.4. The van der Waals surface area contributed by atoms with Crippen molar-refractivity contribution in [2.24, 2.45) is 5.41 Å². The van der Waals surface area contributed by atoms with Gasteiger partial charge in [-0.05, 0) is 29.5 Å². The second-order valence-electron chi connectivity index (χ2n) is 5.55. The van der Waals surface area contributed by atoms with Crippen LogP contribution in [0.15, 0.2) is 18.2 Å². The lowest BCUT2D eigenvalue weighted by Gasteiger charge is -2.18. The fraction of sp³-hybridized carbons (Fsp3) is 0.533. The summed E-state index contributed by atoms with van der Waals surface area (Å²) in [7, 11) is 1.61. The minimum atomic E-state index is 0.00428. The first-order valence-corrected chi connectivity index (χ1v) is 6.07. The van der Waals surface area contributed by atoms with Crippen LogP contribution >= 0.6 is 0 Å². The molecule has 0 saturated heterocycles. The lowest BCUT2D eigenvalue weighted by Crippen LogP contribution is -2.14. The Morgan fingerprint density at radius 3 is 2.41 bits per heavy atom. The molecule has 0 aliphatic heterocycles. The molecule has 17 heavy (non-hydrogen) atoms. The lowest BCUT2D eigenvalue weighted by atomic mass is 9.87. The van der Waals surface area contributed by atoms with Crippen LogP contribution < -0.4 is 4.74 Å². The standard InChI is InChI=1S/C15H22O2/c1-6-11-7-8-14(17-5)12(9-11)13(16)10-15(2,3)4/h7-9H,6,10H2,1-5H3. The van der Waals surface area contributed by atoms with E-state index in [0.717, 1.165) is 6.42 Å². The van der Waals surface area contributed by atoms with Crippen LogP contribution in [-0.4, -0.2) is 12.9 Å². The van der Waals surface area contributed by atoms with Crippen molar-refractivity contribution in [3.8, 4) is 5.75 Å². The predicted octanol–water partition coefficient (Wildman–Crippen LogP) is 3.88. The summed E-state index contributed by atoms with van der Waals surface area (Å²) in [5, 5.41) is 0. The molecule has 2 nitrogen and oxygen atoms in total. The monoisotopic (exact) mass is 234 g/mol. The van der Waals surface area contributed by atoms with E-state index in [4.69, 9.17) is 4.74 Å². The quantitative estimate of drug-likeness (QED) is 0.739. The van der Waals surface area contributed by atoms with E-state index >= 15 is 0 Å². The maximum Gasteiger partial charge on any atom is 0.167 e. The van der Waals surface area contributed by atoms with Crippen LogP contribution in [0.2, 0.25) is 0 Å². The smallest absolute Gasteiger partial charge is 0.167 e. The van der Waals surface area contributed by atoms with Crippen molar-refractivity contribution in [2.75, 3.05) is 7.11 Å². The van der Waals surface area contributed by atoms with Crippen molar-refractivity contribution in [3.05, 3.63) is 29.3 Å². The third-order valence-electron chi connectivity index (χ3n) is 2.66. The summed E-state index contributed by atoms with van der Waals surface area (Å²) in [6.07, 6.45) is 1.47. The Labute approximate surface area is 104 Å². The Balaban J connectivity index is 3.05. The molecule has 0 amide bonds. The Morgan fingerprint density at radius 1 is 1.29 bits per heavy atom. The zero-order valence-corrected chi connectivity index (χ0v) is 11.5. The SMILES string of the molecule is CCc1ccc(OC)c(C(=O)CC(C)(C)C)c1. The molecule has 1 aromatic carbocycles. The number of methoxy groups -OCH3 is 1. The maximum absolute atomic E-state index is 12.2. The number of aryl methyl sites for hydroxylation is 1. The van der Waals surface area contributed by atoms with Crippen molar-refractivity contribution < 1.29 is 9.53 Å². The average Bonchev–Trinajstić information content (AvgIpc) is 2.25. The maximum atomic E-state index is 12.2. The fourth-order valence-electron chi connectivity index (χ4n) is 1.77. The van der Waals surface area contributed by atoms with Crippen LogP contribution in [-0.2, 0) is 6.42 Å². The Hall–Kier alpha value is -1.31. The molecule has 0 aliphatic rings. The number of ether oxygens (including phenoxy) is 1. The summed E-state index contributed by atoms with van der Waals surface area (Å²) < 4.78 is 5.26. The number of Topliss-reactive ketones (excluding diaryl/α,β-unsaturated/α-hetero) is 1. The number of hydrogen-bond donors (Lipinski definition) is 0. The molecule has 1 rings (SSSR count). The topological polar surface area (TPSA) is 26.3 Å². The van der Waals surface area contributed by atoms with E-state index in [2.05, 4.69) is 27.7 Å². The molecule has 0 saturated carbocycles. The number of rotatable bonds is 4. The molecule has 1 aromatic rings. The second-order valence-corrected chi connectivity index (χ2v) is 5.55. The minimum absolute atomic E-state index is 0.00428. The van der Waals surface area contributed by atoms with Crippen molar-refractivity contribution >= 4 is 5.78 Å². The van der Waals surface area contributed by atoms with Crippen LogP contribution in [0.3, 0.4) is 0 Å². The summed E-state index contributed by atoms with van der Waals surface area (Å²) in [6.45, 7) is 8.29. The first-order chi connectivity index (χ1) is 7.87. The Morgan fingerprint density at radius 2 is 1.94 bits per heavy atom. The first-order valence-electron chi connectivity index (χ1n) is 6.07. The van der Waals surface area contributed by atoms with Gasteiger partial charge < -0.3 is 4.74 Å². The fourth-order valence-corrected chi connectivity index (χ4v) is 1.77. The van der Waals surface area contributed by atoms with Gasteiger partial charge in [0.1, 0.15) is 5.75 Å². The van der Waals surface area contributed by atoms with Gasteiger partial charge in [-0.25, -0.2) is 0 Å². The first kappa shape index (κ1) is 13.8. The van der Waals surface area contributed by atoms with Gasteiger partial charge in [0.25, 0.3) is 0 Å². The van der Waals surface area contributed by atoms with Gasteiger partial charge in [0.2, 0.25) is 0 Å². The average molecular weight is 234 g/mol. The zero-order valence-electron chi connectivity index (χ0n) is 11.5. The molecule has 0 radical (unpaired) electrons. The minimum Gasteiger partial charge on any atom is -0.496 e. The summed E-state index contributed by atoms with van der Waals surface area (Å²) in [6, 6.07) is 5.84. The zero-order chi connectivity index (χ0) is 13.1. The number of carbonyl (C=O) groups is 1. The van der Waals surface area contributed by atoms with Gasteiger partial charge in [0.15, 0.2) is 5.78 Å². The molecule has 0 atom stereocenters. The van der Waals surface area contributed by atoms with E-state index in [1.807, 2.05) is 18.2 Å². The van der Waals surface area contributed by atoms with E-state index in [1.54, 1.807) is 7.11 Å². The molecule has 0 aromatic heterocycles. The van der Waals surface area contributed by atoms with Gasteiger partial charge in [-0.2, -0.15) is 0 Å². The second kappa shape index (κ2) is 5.35. The molecule has 94 valence electrons. The molecule has 0 fully saturated rings. The number of carbonyl (C=O) groups excluding carboxylic acids is 1. The Bertz CT molecular complexity index is 400. The van der Waals surface area contributed by atoms with E-state index in [-0.39, 0.29) is 11.2 Å². The van der Waals surface area contributed by atoms with Crippen molar-refractivity contribution in [3.63, 3.8) is 0 Å². The molecule has 0 N–H and O–H groups in total. The van der Waals surface area contributed by atoms with E-state index in [9.17, 15) is 4.79 Å². The van der Waals surface area contributed by atoms with E-state index < -0.39 is 0 Å². The van der Waals surface area contributed by atoms with E-state index in [1.165, 1.54) is 5.56 Å². The third-order valence-corrected chi connectivity index (χ3v) is 2.66. The molecule has 0 unspecified atom stereocenters. The highest BCUT2D eigenvalue weighted by Crippen LogP contribution is 2.27. The third kappa shape index (κ3) is 3.88. The largest absolute Gasteiger partial charge is 0.496 e. The highest BCUT2D eigenvalue weighted by Gasteiger charge is 2.20. The molecule has 0 aliphatic carbocycles. The highest BCUT2D eigenvalue weighted by molar-refractivity contribution is 5.99. The Kier molecular flexibility index (Phi) is 4.33. The van der Waals surface area contributed by atoms with Crippen molar-refractivity contribution in [1.29, 1.82) is 0 Å². The molecular weight excluding hydrogens is 212 g/mol. The van der Waals surface area contributed by atoms with Crippen LogP contribution in [0.1, 0.15) is 50.0 Å². The van der Waals surface area contributed by atoms with Crippen LogP contribution in [0, 0.1) is 5.41 Å². The van der Waals surface area contributed by atoms with Crippen LogP contribution in [0.25, 0.3) is 0 Å². The van der Waals surface area contributed by atoms with Crippen molar-refractivity contribution in [2.45, 2.75) is 40.5 Å². The van der Waals surface area contributed by atoms with Gasteiger partial charge in [-0.3, -0.25) is 4.79 Å². The molecule has 0 heterocycles. The van der Waals surface area contributed by atoms with E-state index in [0.29, 0.717) is 17.7 Å². The summed E-state index contributed by atoms with van der Waals surface area (Å²) >= 11 is 0. The van der Waals surface area contributed by atoms with Crippen molar-refractivity contribution in [1.82, 2.24) is 0 Å². The van der Waals surface area contributed by atoms with Crippen LogP contribution in [0.5, 0.6) is 5.75 Å². The van der Waals surface area contributed by atoms with Crippen LogP contribution in [0.4, 0.5) is 0 Å². The molecule has 0 bridgehead atoms. The molecule has 0 spiro atoms. The van der Waals surface area contributed by atoms with Gasteiger partial charge in [0.05, 0.1) is 12.7 Å². The number of hydrogen-bond acceptors (Lipinski definition) is 2. The van der Waals surface area contributed by atoms with Gasteiger partial charge in [0, 0.05) is 6.42 Å². The van der Waals surface area contributed by atoms with Gasteiger partial charge in [-0.15, -0.1) is 0 Å². The lowest BCUT2D eigenvalue weighted by molar-refractivity contribution is 0.0937. The summed E-state index contributed by atoms with van der Waals surface area (Å²) in [4.78, 5) is 12.2. The number of benzene rings is 1. The van der Waals surface area contributed by atoms with Gasteiger partial charge in [-0.1, -0.05) is 33.8 Å².